The second-order valence-corrected chi connectivity index (χ2v) is 13.7. The molecule has 1 amide bonds. The maximum absolute atomic E-state index is 17.0. The highest BCUT2D eigenvalue weighted by Gasteiger charge is 2.56. The van der Waals surface area contributed by atoms with Crippen molar-refractivity contribution in [3.8, 4) is 17.2 Å². The van der Waals surface area contributed by atoms with Crippen molar-refractivity contribution in [3.05, 3.63) is 63.1 Å². The number of fused-ring (bicyclic) bond motifs is 4. The minimum atomic E-state index is -2.10. The standard InChI is InChI=1S/C34H33Cl2F2N5O2/c1-15(22-8-9-34(22,38)33(40)45)25-13-21-29(16(2)44)42-30-20(32(21)43(25)31-18-12-24(31)41-14-18)11-17(5-4-10-39)26(28(30)37)19-6-3-7-23(35)27(19)36/h3,6-7,11,13,15-16,18,22,24,31,41,44H,4-5,8-9,12,14H2,1-2H3,(H2,40,45)/t15-,16?,18-,22?,24-,31+,34?/m1/s1. The number of aliphatic hydroxyl groups is 1. The molecule has 4 fully saturated rings. The van der Waals surface area contributed by atoms with E-state index in [1.165, 1.54) is 0 Å². The Balaban J connectivity index is 1.57. The zero-order valence-corrected chi connectivity index (χ0v) is 26.4. The van der Waals surface area contributed by atoms with Crippen LogP contribution in [0.3, 0.4) is 0 Å². The van der Waals surface area contributed by atoms with Crippen molar-refractivity contribution in [2.45, 2.75) is 75.7 Å². The van der Waals surface area contributed by atoms with Crippen molar-refractivity contribution in [2.75, 3.05) is 6.54 Å². The summed E-state index contributed by atoms with van der Waals surface area (Å²) in [7, 11) is 0. The Kier molecular flexibility index (Phi) is 7.36. The van der Waals surface area contributed by atoms with Gasteiger partial charge in [-0.05, 0) is 62.3 Å². The number of nitrogens with one attached hydrogen (secondary N) is 1. The molecule has 2 saturated heterocycles. The third kappa shape index (κ3) is 4.40. The summed E-state index contributed by atoms with van der Waals surface area (Å²) in [6.45, 7) is 4.32. The van der Waals surface area contributed by atoms with Crippen molar-refractivity contribution >= 4 is 50.9 Å². The van der Waals surface area contributed by atoms with Crippen molar-refractivity contribution < 1.29 is 18.7 Å². The molecule has 2 saturated carbocycles. The number of alkyl halides is 1. The first kappa shape index (κ1) is 30.4. The maximum Gasteiger partial charge on any atom is 0.255 e. The molecule has 0 spiro atoms. The summed E-state index contributed by atoms with van der Waals surface area (Å²) in [6.07, 6.45) is 0.938. The van der Waals surface area contributed by atoms with Gasteiger partial charge in [0.15, 0.2) is 11.5 Å². The number of benzene rings is 2. The van der Waals surface area contributed by atoms with Crippen LogP contribution in [0.5, 0.6) is 0 Å². The minimum Gasteiger partial charge on any atom is -0.387 e. The zero-order chi connectivity index (χ0) is 31.9. The van der Waals surface area contributed by atoms with E-state index in [1.54, 1.807) is 25.1 Å². The number of carbonyl (C=O) groups is 1. The molecule has 4 aliphatic rings. The summed E-state index contributed by atoms with van der Waals surface area (Å²) >= 11 is 12.9. The fourth-order valence-electron chi connectivity index (χ4n) is 8.11. The summed E-state index contributed by atoms with van der Waals surface area (Å²) < 4.78 is 35.0. The van der Waals surface area contributed by atoms with Crippen LogP contribution in [0.4, 0.5) is 8.78 Å². The summed E-state index contributed by atoms with van der Waals surface area (Å²) in [5.41, 5.74) is 6.47. The Bertz CT molecular complexity index is 1920. The van der Waals surface area contributed by atoms with Crippen LogP contribution in [0.1, 0.15) is 74.5 Å². The van der Waals surface area contributed by atoms with Crippen molar-refractivity contribution in [3.63, 3.8) is 0 Å². The molecule has 7 nitrogen and oxygen atoms in total. The van der Waals surface area contributed by atoms with E-state index in [1.807, 2.05) is 19.1 Å². The second kappa shape index (κ2) is 10.9. The van der Waals surface area contributed by atoms with Gasteiger partial charge in [-0.25, -0.2) is 13.8 Å². The number of halogens is 4. The topological polar surface area (TPSA) is 117 Å². The number of aliphatic hydroxyl groups excluding tert-OH is 1. The minimum absolute atomic E-state index is 0.0164. The molecule has 11 heteroatoms. The number of aromatic nitrogens is 2. The average Bonchev–Trinajstić information content (AvgIpc) is 3.73. The molecule has 2 bridgehead atoms. The van der Waals surface area contributed by atoms with Gasteiger partial charge in [-0.15, -0.1) is 0 Å². The SMILES string of the molecule is CC(O)c1nc2c(F)c(-c3cccc(Cl)c3Cl)c(CCC#N)cc2c2c1cc([C@H](C)C1CCC1(F)C(N)=O)n2[C@H]1[C@H]2CN[C@@H]1C2. The molecule has 4 heterocycles. The molecule has 2 aromatic carbocycles. The maximum atomic E-state index is 17.0. The molecule has 2 aliphatic heterocycles. The number of primary amides is 1. The summed E-state index contributed by atoms with van der Waals surface area (Å²) in [5, 5.41) is 25.7. The third-order valence-electron chi connectivity index (χ3n) is 10.6. The lowest BCUT2D eigenvalue weighted by atomic mass is 9.64. The Morgan fingerprint density at radius 1 is 1.31 bits per heavy atom. The van der Waals surface area contributed by atoms with Crippen LogP contribution in [0, 0.1) is 29.0 Å². The first-order chi connectivity index (χ1) is 21.5. The Morgan fingerprint density at radius 3 is 2.69 bits per heavy atom. The van der Waals surface area contributed by atoms with Gasteiger partial charge in [0.1, 0.15) is 5.52 Å². The molecule has 45 heavy (non-hydrogen) atoms. The number of hydrogen-bond donors (Lipinski definition) is 3. The molecule has 4 aromatic rings. The summed E-state index contributed by atoms with van der Waals surface area (Å²) in [4.78, 5) is 16.9. The number of nitriles is 1. The van der Waals surface area contributed by atoms with Gasteiger partial charge in [0, 0.05) is 58.4 Å². The Labute approximate surface area is 269 Å². The Morgan fingerprint density at radius 2 is 2.09 bits per heavy atom. The molecule has 7 atom stereocenters. The highest BCUT2D eigenvalue weighted by Crippen LogP contribution is 2.54. The number of amides is 1. The number of hydrogen-bond acceptors (Lipinski definition) is 5. The molecule has 2 aliphatic carbocycles. The lowest BCUT2D eigenvalue weighted by Crippen LogP contribution is -2.55. The van der Waals surface area contributed by atoms with E-state index >= 15 is 8.78 Å². The number of carbonyl (C=O) groups excluding carboxylic acids is 1. The van der Waals surface area contributed by atoms with Gasteiger partial charge in [0.25, 0.3) is 5.91 Å². The number of pyridine rings is 1. The van der Waals surface area contributed by atoms with Crippen molar-refractivity contribution in [2.24, 2.45) is 17.6 Å². The van der Waals surface area contributed by atoms with Crippen LogP contribution in [-0.2, 0) is 11.2 Å². The quantitative estimate of drug-likeness (QED) is 0.189. The fourth-order valence-corrected chi connectivity index (χ4v) is 8.50. The fraction of sp³-hybridized carbons (Fsp3) is 0.441. The van der Waals surface area contributed by atoms with E-state index in [-0.39, 0.29) is 52.5 Å². The predicted octanol–water partition coefficient (Wildman–Crippen LogP) is 7.05. The molecule has 234 valence electrons. The predicted molar refractivity (Wildman–Crippen MR) is 170 cm³/mol. The van der Waals surface area contributed by atoms with Gasteiger partial charge in [0.05, 0.1) is 39.5 Å². The lowest BCUT2D eigenvalue weighted by Gasteiger charge is -2.45. The van der Waals surface area contributed by atoms with Gasteiger partial charge in [-0.1, -0.05) is 42.3 Å². The molecule has 8 rings (SSSR count). The highest BCUT2D eigenvalue weighted by molar-refractivity contribution is 6.43. The van der Waals surface area contributed by atoms with Gasteiger partial charge < -0.3 is 20.7 Å². The average molecular weight is 653 g/mol. The van der Waals surface area contributed by atoms with Crippen LogP contribution in [0.2, 0.25) is 10.0 Å². The molecular formula is C34H33Cl2F2N5O2. The third-order valence-corrected chi connectivity index (χ3v) is 11.4. The smallest absolute Gasteiger partial charge is 0.255 e. The van der Waals surface area contributed by atoms with E-state index < -0.39 is 35.3 Å². The molecular weight excluding hydrogens is 619 g/mol. The van der Waals surface area contributed by atoms with Crippen LogP contribution in [-0.4, -0.2) is 38.8 Å². The monoisotopic (exact) mass is 651 g/mol. The molecule has 3 unspecified atom stereocenters. The first-order valence-electron chi connectivity index (χ1n) is 15.4. The van der Waals surface area contributed by atoms with Crippen LogP contribution in [0.25, 0.3) is 32.9 Å². The van der Waals surface area contributed by atoms with E-state index in [9.17, 15) is 15.2 Å². The number of aryl methyl sites for hydroxylation is 1. The highest BCUT2D eigenvalue weighted by atomic mass is 35.5. The van der Waals surface area contributed by atoms with Gasteiger partial charge in [-0.3, -0.25) is 4.79 Å². The number of nitrogens with two attached hydrogens (primary N) is 1. The normalized spacial score (nSPS) is 26.8. The summed E-state index contributed by atoms with van der Waals surface area (Å²) in [5.74, 6) is -2.27. The van der Waals surface area contributed by atoms with Crippen LogP contribution in [0.15, 0.2) is 30.3 Å². The van der Waals surface area contributed by atoms with E-state index in [0.29, 0.717) is 45.4 Å². The zero-order valence-electron chi connectivity index (χ0n) is 24.9. The summed E-state index contributed by atoms with van der Waals surface area (Å²) in [6, 6.07) is 11.2. The van der Waals surface area contributed by atoms with Gasteiger partial charge in [0.2, 0.25) is 0 Å². The first-order valence-corrected chi connectivity index (χ1v) is 16.1. The van der Waals surface area contributed by atoms with Gasteiger partial charge in [-0.2, -0.15) is 5.26 Å². The molecule has 0 radical (unpaired) electrons. The van der Waals surface area contributed by atoms with E-state index in [2.05, 4.69) is 16.0 Å². The van der Waals surface area contributed by atoms with E-state index in [0.717, 1.165) is 18.7 Å². The largest absolute Gasteiger partial charge is 0.387 e. The molecule has 4 N–H and O–H groups in total. The van der Waals surface area contributed by atoms with Gasteiger partial charge >= 0.3 is 0 Å². The van der Waals surface area contributed by atoms with Crippen molar-refractivity contribution in [1.82, 2.24) is 14.9 Å². The van der Waals surface area contributed by atoms with Crippen LogP contribution < -0.4 is 11.1 Å². The molecule has 2 aromatic heterocycles. The second-order valence-electron chi connectivity index (χ2n) is 12.9. The number of nitrogens with zero attached hydrogens (tertiary/aromatic N) is 3. The Hall–Kier alpha value is -3.29. The van der Waals surface area contributed by atoms with Crippen LogP contribution >= 0.6 is 23.2 Å². The lowest BCUT2D eigenvalue weighted by molar-refractivity contribution is -0.143. The number of rotatable bonds is 8. The van der Waals surface area contributed by atoms with E-state index in [4.69, 9.17) is 33.9 Å². The van der Waals surface area contributed by atoms with Crippen molar-refractivity contribution in [1.29, 1.82) is 5.26 Å².